The fourth-order valence-corrected chi connectivity index (χ4v) is 2.05. The number of nitrogens with one attached hydrogen (secondary N) is 1. The number of amides is 1. The van der Waals surface area contributed by atoms with Crippen molar-refractivity contribution < 1.29 is 22.9 Å². The van der Waals surface area contributed by atoms with Crippen LogP contribution in [-0.2, 0) is 17.4 Å². The van der Waals surface area contributed by atoms with Gasteiger partial charge in [-0.05, 0) is 23.8 Å². The summed E-state index contributed by atoms with van der Waals surface area (Å²) in [6, 6.07) is 10.2. The molecule has 0 saturated carbocycles. The van der Waals surface area contributed by atoms with Crippen molar-refractivity contribution in [3.8, 4) is 11.8 Å². The molecular weight excluding hydrogens is 349 g/mol. The topological polar surface area (TPSA) is 72.2 Å². The summed E-state index contributed by atoms with van der Waals surface area (Å²) in [4.78, 5) is 21.8. The lowest BCUT2D eigenvalue weighted by Gasteiger charge is -2.05. The number of benzene rings is 2. The average Bonchev–Trinajstić information content (AvgIpc) is 2.59. The number of hydrogen-bond donors (Lipinski definition) is 1. The van der Waals surface area contributed by atoms with Crippen LogP contribution in [-0.4, -0.2) is 17.4 Å². The highest BCUT2D eigenvalue weighted by molar-refractivity contribution is 5.78. The van der Waals surface area contributed by atoms with Crippen LogP contribution < -0.4 is 5.32 Å². The van der Waals surface area contributed by atoms with Gasteiger partial charge in [-0.1, -0.05) is 30.0 Å². The van der Waals surface area contributed by atoms with Crippen LogP contribution in [0.15, 0.2) is 48.5 Å². The largest absolute Gasteiger partial charge is 0.416 e. The Bertz CT molecular complexity index is 866. The minimum Gasteiger partial charge on any atom is -0.345 e. The predicted octanol–water partition coefficient (Wildman–Crippen LogP) is 3.32. The van der Waals surface area contributed by atoms with Gasteiger partial charge in [-0.15, -0.1) is 0 Å². The molecule has 0 heterocycles. The Morgan fingerprint density at radius 2 is 1.85 bits per heavy atom. The van der Waals surface area contributed by atoms with Crippen LogP contribution in [0.4, 0.5) is 18.9 Å². The third-order valence-electron chi connectivity index (χ3n) is 3.31. The van der Waals surface area contributed by atoms with E-state index < -0.39 is 16.7 Å². The molecule has 1 N–H and O–H groups in total. The lowest BCUT2D eigenvalue weighted by Crippen LogP contribution is -2.25. The van der Waals surface area contributed by atoms with Crippen LogP contribution >= 0.6 is 0 Å². The summed E-state index contributed by atoms with van der Waals surface area (Å²) in [5.74, 6) is 4.79. The molecule has 2 rings (SSSR count). The van der Waals surface area contributed by atoms with Crippen LogP contribution in [0, 0.1) is 22.0 Å². The highest BCUT2D eigenvalue weighted by Crippen LogP contribution is 2.29. The van der Waals surface area contributed by atoms with Gasteiger partial charge in [0.1, 0.15) is 0 Å². The summed E-state index contributed by atoms with van der Waals surface area (Å²) >= 11 is 0. The molecule has 0 aliphatic rings. The molecule has 0 aromatic heterocycles. The Balaban J connectivity index is 1.87. The maximum atomic E-state index is 12.6. The average molecular weight is 362 g/mol. The van der Waals surface area contributed by atoms with E-state index in [2.05, 4.69) is 17.2 Å². The molecule has 0 saturated heterocycles. The zero-order chi connectivity index (χ0) is 19.2. The molecule has 0 spiro atoms. The van der Waals surface area contributed by atoms with E-state index in [1.54, 1.807) is 0 Å². The van der Waals surface area contributed by atoms with E-state index in [9.17, 15) is 28.1 Å². The lowest BCUT2D eigenvalue weighted by atomic mass is 10.1. The first-order chi connectivity index (χ1) is 12.3. The van der Waals surface area contributed by atoms with Crippen molar-refractivity contribution >= 4 is 11.6 Å². The van der Waals surface area contributed by atoms with Crippen LogP contribution in [0.5, 0.6) is 0 Å². The maximum Gasteiger partial charge on any atom is 0.416 e. The van der Waals surface area contributed by atoms with Crippen molar-refractivity contribution in [3.05, 3.63) is 75.3 Å². The van der Waals surface area contributed by atoms with Crippen molar-refractivity contribution in [1.82, 2.24) is 5.32 Å². The Hall–Kier alpha value is -3.34. The van der Waals surface area contributed by atoms with Crippen LogP contribution in [0.25, 0.3) is 0 Å². The number of carbonyl (C=O) groups is 1. The molecule has 2 aromatic rings. The van der Waals surface area contributed by atoms with Gasteiger partial charge in [-0.2, -0.15) is 13.2 Å². The lowest BCUT2D eigenvalue weighted by molar-refractivity contribution is -0.384. The first-order valence-corrected chi connectivity index (χ1v) is 7.42. The normalized spacial score (nSPS) is 10.6. The summed E-state index contributed by atoms with van der Waals surface area (Å²) in [5.41, 5.74) is -0.0593. The second-order valence-electron chi connectivity index (χ2n) is 5.26. The van der Waals surface area contributed by atoms with Crippen molar-refractivity contribution in [2.75, 3.05) is 6.54 Å². The molecule has 5 nitrogen and oxygen atoms in total. The fourth-order valence-electron chi connectivity index (χ4n) is 2.05. The van der Waals surface area contributed by atoms with E-state index in [1.165, 1.54) is 36.4 Å². The minimum atomic E-state index is -4.43. The van der Waals surface area contributed by atoms with Crippen LogP contribution in [0.3, 0.4) is 0 Å². The summed E-state index contributed by atoms with van der Waals surface area (Å²) in [5, 5.41) is 13.1. The van der Waals surface area contributed by atoms with Gasteiger partial charge in [0.15, 0.2) is 0 Å². The molecule has 26 heavy (non-hydrogen) atoms. The molecule has 1 amide bonds. The van der Waals surface area contributed by atoms with E-state index >= 15 is 0 Å². The second-order valence-corrected chi connectivity index (χ2v) is 5.26. The van der Waals surface area contributed by atoms with Gasteiger partial charge >= 0.3 is 6.18 Å². The number of nitro benzene ring substituents is 1. The zero-order valence-corrected chi connectivity index (χ0v) is 13.3. The van der Waals surface area contributed by atoms with Crippen molar-refractivity contribution in [2.45, 2.75) is 12.6 Å². The third-order valence-corrected chi connectivity index (χ3v) is 3.31. The Labute approximate surface area is 147 Å². The third kappa shape index (κ3) is 5.63. The zero-order valence-electron chi connectivity index (χ0n) is 13.3. The number of alkyl halides is 3. The monoisotopic (exact) mass is 362 g/mol. The van der Waals surface area contributed by atoms with E-state index in [0.29, 0.717) is 5.56 Å². The van der Waals surface area contributed by atoms with Gasteiger partial charge in [0.2, 0.25) is 5.91 Å². The van der Waals surface area contributed by atoms with Crippen molar-refractivity contribution in [2.24, 2.45) is 0 Å². The number of nitrogens with zero attached hydrogens (tertiary/aromatic N) is 1. The maximum absolute atomic E-state index is 12.6. The van der Waals surface area contributed by atoms with E-state index in [1.807, 2.05) is 0 Å². The summed E-state index contributed by atoms with van der Waals surface area (Å²) < 4.78 is 37.8. The molecule has 134 valence electrons. The number of rotatable bonds is 4. The molecule has 0 aliphatic carbocycles. The Morgan fingerprint density at radius 1 is 1.15 bits per heavy atom. The van der Waals surface area contributed by atoms with Gasteiger partial charge in [-0.25, -0.2) is 0 Å². The molecule has 0 aliphatic heterocycles. The van der Waals surface area contributed by atoms with Gasteiger partial charge < -0.3 is 5.32 Å². The number of halogens is 3. The fraction of sp³-hybridized carbons (Fsp3) is 0.167. The smallest absolute Gasteiger partial charge is 0.345 e. The molecule has 8 heteroatoms. The van der Waals surface area contributed by atoms with E-state index in [-0.39, 0.29) is 30.1 Å². The highest BCUT2D eigenvalue weighted by Gasteiger charge is 2.30. The molecular formula is C18H13F3N2O3. The summed E-state index contributed by atoms with van der Waals surface area (Å²) in [6.07, 6.45) is -4.42. The number of carbonyl (C=O) groups excluding carboxylic acids is 1. The van der Waals surface area contributed by atoms with Crippen molar-refractivity contribution in [3.63, 3.8) is 0 Å². The molecule has 0 atom stereocenters. The summed E-state index contributed by atoms with van der Waals surface area (Å²) in [6.45, 7) is -0.0257. The highest BCUT2D eigenvalue weighted by atomic mass is 19.4. The van der Waals surface area contributed by atoms with E-state index in [0.717, 1.165) is 12.1 Å². The van der Waals surface area contributed by atoms with Crippen LogP contribution in [0.2, 0.25) is 0 Å². The van der Waals surface area contributed by atoms with Gasteiger partial charge in [0, 0.05) is 17.7 Å². The van der Waals surface area contributed by atoms with E-state index in [4.69, 9.17) is 0 Å². The number of non-ortho nitro benzene ring substituents is 1. The van der Waals surface area contributed by atoms with Crippen LogP contribution in [0.1, 0.15) is 16.7 Å². The first kappa shape index (κ1) is 19.0. The molecule has 2 aromatic carbocycles. The van der Waals surface area contributed by atoms with Gasteiger partial charge in [0.05, 0.1) is 23.5 Å². The Morgan fingerprint density at radius 3 is 2.46 bits per heavy atom. The summed E-state index contributed by atoms with van der Waals surface area (Å²) in [7, 11) is 0. The van der Waals surface area contributed by atoms with Crippen molar-refractivity contribution in [1.29, 1.82) is 0 Å². The Kier molecular flexibility index (Phi) is 5.96. The number of nitro groups is 1. The minimum absolute atomic E-state index is 0.0171. The second kappa shape index (κ2) is 8.16. The quantitative estimate of drug-likeness (QED) is 0.515. The standard InChI is InChI=1S/C18H13F3N2O3/c19-18(20,21)15-5-1-3-13(11-15)4-2-10-22-17(24)12-14-6-8-16(9-7-14)23(25)26/h1,3,5-9,11H,10,12H2,(H,22,24). The molecule has 0 fully saturated rings. The number of hydrogen-bond acceptors (Lipinski definition) is 3. The van der Waals surface area contributed by atoms with Gasteiger partial charge in [-0.3, -0.25) is 14.9 Å². The predicted molar refractivity (Wildman–Crippen MR) is 88.1 cm³/mol. The molecule has 0 bridgehead atoms. The molecule has 0 unspecified atom stereocenters. The van der Waals surface area contributed by atoms with Gasteiger partial charge in [0.25, 0.3) is 5.69 Å². The SMILES string of the molecule is O=C(Cc1ccc([N+](=O)[O-])cc1)NCC#Cc1cccc(C(F)(F)F)c1. The molecule has 0 radical (unpaired) electrons. The first-order valence-electron chi connectivity index (χ1n) is 7.42.